The van der Waals surface area contributed by atoms with Gasteiger partial charge in [-0.2, -0.15) is 10.2 Å². The molecule has 56 heavy (non-hydrogen) atoms. The summed E-state index contributed by atoms with van der Waals surface area (Å²) in [7, 11) is -7.92. The van der Waals surface area contributed by atoms with Crippen LogP contribution in [0.25, 0.3) is 0 Å². The lowest BCUT2D eigenvalue weighted by Crippen LogP contribution is -2.36. The van der Waals surface area contributed by atoms with Crippen molar-refractivity contribution in [3.05, 3.63) is 60.7 Å². The summed E-state index contributed by atoms with van der Waals surface area (Å²) in [6, 6.07) is 15.0. The van der Waals surface area contributed by atoms with Gasteiger partial charge in [-0.05, 0) is 93.5 Å². The second-order valence-electron chi connectivity index (χ2n) is 14.8. The standard InChI is InChI=1S/2C19H29FNO6P/c2*1-13(2)25-18(22)14(3)21-28(23,27-16-9-7-6-8-10-16)24-12-17-11-19(5,20)15(4)26-17/h2*6-10,13-15,17H,11-12H2,1-5H3,(H,21,23)/t14-,15+,17+,19-,28+;14-,15+,17+,19-,28-/m11/s1. The second-order valence-corrected chi connectivity index (χ2v) is 18.2. The highest BCUT2D eigenvalue weighted by Crippen LogP contribution is 2.47. The molecule has 2 N–H and O–H groups in total. The molecule has 0 amide bonds. The van der Waals surface area contributed by atoms with Gasteiger partial charge in [0, 0.05) is 12.8 Å². The number of nitrogens with one attached hydrogen (secondary N) is 2. The van der Waals surface area contributed by atoms with Crippen LogP contribution >= 0.6 is 15.5 Å². The fourth-order valence-electron chi connectivity index (χ4n) is 5.41. The first-order valence-electron chi connectivity index (χ1n) is 18.6. The van der Waals surface area contributed by atoms with Crippen LogP contribution in [0, 0.1) is 0 Å². The van der Waals surface area contributed by atoms with Crippen LogP contribution in [0.5, 0.6) is 11.5 Å². The molecule has 0 radical (unpaired) electrons. The first-order chi connectivity index (χ1) is 26.0. The zero-order chi connectivity index (χ0) is 41.9. The van der Waals surface area contributed by atoms with Crippen molar-refractivity contribution in [2.24, 2.45) is 0 Å². The van der Waals surface area contributed by atoms with Gasteiger partial charge in [-0.3, -0.25) is 18.6 Å². The van der Waals surface area contributed by atoms with Gasteiger partial charge in [0.1, 0.15) is 34.9 Å². The van der Waals surface area contributed by atoms with Gasteiger partial charge in [0.05, 0.1) is 49.8 Å². The minimum Gasteiger partial charge on any atom is -0.462 e. The van der Waals surface area contributed by atoms with Crippen molar-refractivity contribution in [1.82, 2.24) is 10.2 Å². The number of hydrogen-bond donors (Lipinski definition) is 2. The van der Waals surface area contributed by atoms with E-state index in [9.17, 15) is 27.5 Å². The van der Waals surface area contributed by atoms with E-state index in [1.165, 1.54) is 27.7 Å². The summed E-state index contributed by atoms with van der Waals surface area (Å²) in [6.45, 7) is 15.8. The van der Waals surface area contributed by atoms with Crippen molar-refractivity contribution in [3.8, 4) is 11.5 Å². The van der Waals surface area contributed by atoms with Crippen LogP contribution in [0.1, 0.15) is 82.1 Å². The Morgan fingerprint density at radius 2 is 1.00 bits per heavy atom. The lowest BCUT2D eigenvalue weighted by molar-refractivity contribution is -0.150. The Morgan fingerprint density at radius 3 is 1.27 bits per heavy atom. The third kappa shape index (κ3) is 15.4. The molecule has 0 aliphatic carbocycles. The van der Waals surface area contributed by atoms with Crippen LogP contribution in [0.3, 0.4) is 0 Å². The average Bonchev–Trinajstić information content (AvgIpc) is 3.52. The number of alkyl halides is 2. The Morgan fingerprint density at radius 1 is 0.679 bits per heavy atom. The van der Waals surface area contributed by atoms with Gasteiger partial charge in [-0.15, -0.1) is 0 Å². The van der Waals surface area contributed by atoms with E-state index in [4.69, 9.17) is 37.0 Å². The monoisotopic (exact) mass is 834 g/mol. The van der Waals surface area contributed by atoms with E-state index >= 15 is 0 Å². The first-order valence-corrected chi connectivity index (χ1v) is 21.7. The van der Waals surface area contributed by atoms with Crippen LogP contribution in [-0.4, -0.2) is 85.2 Å². The van der Waals surface area contributed by atoms with Gasteiger partial charge in [0.25, 0.3) is 0 Å². The quantitative estimate of drug-likeness (QED) is 0.109. The van der Waals surface area contributed by atoms with Crippen LogP contribution in [0.4, 0.5) is 8.78 Å². The number of benzene rings is 2. The third-order valence-corrected chi connectivity index (χ3v) is 11.9. The van der Waals surface area contributed by atoms with Crippen molar-refractivity contribution in [3.63, 3.8) is 0 Å². The van der Waals surface area contributed by atoms with E-state index in [-0.39, 0.29) is 38.3 Å². The first kappa shape index (κ1) is 47.4. The lowest BCUT2D eigenvalue weighted by Gasteiger charge is -2.24. The smallest absolute Gasteiger partial charge is 0.459 e. The van der Waals surface area contributed by atoms with Crippen LogP contribution in [-0.2, 0) is 46.7 Å². The molecule has 0 unspecified atom stereocenters. The Labute approximate surface area is 329 Å². The van der Waals surface area contributed by atoms with Gasteiger partial charge < -0.3 is 28.0 Å². The molecule has 2 saturated heterocycles. The van der Waals surface area contributed by atoms with E-state index in [2.05, 4.69) is 10.2 Å². The molecular weight excluding hydrogens is 776 g/mol. The molecule has 316 valence electrons. The molecule has 2 aliphatic heterocycles. The zero-order valence-electron chi connectivity index (χ0n) is 33.8. The second kappa shape index (κ2) is 20.7. The van der Waals surface area contributed by atoms with Gasteiger partial charge >= 0.3 is 27.4 Å². The molecule has 2 aromatic carbocycles. The molecule has 2 fully saturated rings. The molecule has 0 bridgehead atoms. The predicted octanol–water partition coefficient (Wildman–Crippen LogP) is 8.05. The molecule has 2 aromatic rings. The minimum absolute atomic E-state index is 0.116. The van der Waals surface area contributed by atoms with Crippen molar-refractivity contribution >= 4 is 27.4 Å². The number of carbonyl (C=O) groups excluding carboxylic acids is 2. The number of esters is 2. The fraction of sp³-hybridized carbons (Fsp3) is 0.632. The van der Waals surface area contributed by atoms with Crippen LogP contribution in [0.2, 0.25) is 0 Å². The summed E-state index contributed by atoms with van der Waals surface area (Å²) >= 11 is 0. The molecule has 2 aliphatic rings. The maximum Gasteiger partial charge on any atom is 0.459 e. The summed E-state index contributed by atoms with van der Waals surface area (Å²) < 4.78 is 98.5. The number of halogens is 2. The number of ether oxygens (including phenoxy) is 4. The number of rotatable bonds is 18. The maximum atomic E-state index is 14.3. The third-order valence-electron chi connectivity index (χ3n) is 8.65. The van der Waals surface area contributed by atoms with E-state index in [1.54, 1.807) is 102 Å². The number of para-hydroxylation sites is 2. The Bertz CT molecular complexity index is 1520. The van der Waals surface area contributed by atoms with E-state index < -0.39 is 75.3 Å². The SMILES string of the molecule is CC(C)OC(=O)[C@@H](C)N[P@@](=O)(OC[C@@H]1C[C@@](C)(F)[C@H](C)O1)Oc1ccccc1.CC(C)OC(=O)[C@@H](C)N[P@](=O)(OC[C@@H]1C[C@@](C)(F)[C@H](C)O1)Oc1ccccc1. The summed E-state index contributed by atoms with van der Waals surface area (Å²) in [5.41, 5.74) is -2.97. The van der Waals surface area contributed by atoms with Gasteiger partial charge in [0.15, 0.2) is 0 Å². The van der Waals surface area contributed by atoms with Gasteiger partial charge in [-0.1, -0.05) is 36.4 Å². The molecule has 0 spiro atoms. The molecule has 10 atom stereocenters. The summed E-state index contributed by atoms with van der Waals surface area (Å²) in [6.07, 6.45) is -2.73. The highest BCUT2D eigenvalue weighted by atomic mass is 31.2. The van der Waals surface area contributed by atoms with Crippen molar-refractivity contribution in [1.29, 1.82) is 0 Å². The van der Waals surface area contributed by atoms with Crippen molar-refractivity contribution in [2.75, 3.05) is 13.2 Å². The summed E-state index contributed by atoms with van der Waals surface area (Å²) in [5, 5.41) is 5.18. The predicted molar refractivity (Wildman–Crippen MR) is 206 cm³/mol. The molecular formula is C38H58F2N2O12P2. The molecule has 18 heteroatoms. The highest BCUT2D eigenvalue weighted by molar-refractivity contribution is 7.52. The normalized spacial score (nSPS) is 28.0. The summed E-state index contributed by atoms with van der Waals surface area (Å²) in [5.74, 6) is -0.562. The fourth-order valence-corrected chi connectivity index (χ4v) is 8.45. The Balaban J connectivity index is 0.000000300. The zero-order valence-corrected chi connectivity index (χ0v) is 35.6. The van der Waals surface area contributed by atoms with Gasteiger partial charge in [0.2, 0.25) is 0 Å². The minimum atomic E-state index is -3.96. The van der Waals surface area contributed by atoms with Crippen LogP contribution in [0.15, 0.2) is 60.7 Å². The Kier molecular flexibility index (Phi) is 17.5. The number of hydrogen-bond acceptors (Lipinski definition) is 12. The Hall–Kier alpha value is -2.94. The van der Waals surface area contributed by atoms with Crippen molar-refractivity contribution < 1.29 is 64.5 Å². The highest BCUT2D eigenvalue weighted by Gasteiger charge is 2.45. The van der Waals surface area contributed by atoms with E-state index in [1.807, 2.05) is 0 Å². The summed E-state index contributed by atoms with van der Waals surface area (Å²) in [4.78, 5) is 24.2. The van der Waals surface area contributed by atoms with E-state index in [0.29, 0.717) is 11.5 Å². The molecule has 0 aromatic heterocycles. The largest absolute Gasteiger partial charge is 0.462 e. The molecule has 0 saturated carbocycles. The van der Waals surface area contributed by atoms with Gasteiger partial charge in [-0.25, -0.2) is 17.9 Å². The molecule has 14 nitrogen and oxygen atoms in total. The molecule has 2 heterocycles. The molecule has 4 rings (SSSR count). The van der Waals surface area contributed by atoms with Crippen molar-refractivity contribution in [2.45, 2.75) is 142 Å². The van der Waals surface area contributed by atoms with E-state index in [0.717, 1.165) is 0 Å². The topological polar surface area (TPSA) is 166 Å². The average molecular weight is 835 g/mol. The number of carbonyl (C=O) groups is 2. The maximum absolute atomic E-state index is 14.3. The van der Waals surface area contributed by atoms with Crippen LogP contribution < -0.4 is 19.2 Å². The lowest BCUT2D eigenvalue weighted by atomic mass is 10.00.